The summed E-state index contributed by atoms with van der Waals surface area (Å²) >= 11 is 0. The Kier molecular flexibility index (Phi) is 4.13. The second-order valence-electron chi connectivity index (χ2n) is 6.98. The zero-order valence-corrected chi connectivity index (χ0v) is 14.2. The van der Waals surface area contributed by atoms with Gasteiger partial charge in [-0.3, -0.25) is 0 Å². The molecule has 126 valence electrons. The number of aromatic nitrogens is 2. The summed E-state index contributed by atoms with van der Waals surface area (Å²) < 4.78 is 5.39. The van der Waals surface area contributed by atoms with Gasteiger partial charge in [0.25, 0.3) is 0 Å². The molecule has 2 heterocycles. The van der Waals surface area contributed by atoms with Gasteiger partial charge < -0.3 is 15.4 Å². The van der Waals surface area contributed by atoms with Crippen molar-refractivity contribution in [2.45, 2.75) is 32.3 Å². The highest BCUT2D eigenvalue weighted by Gasteiger charge is 2.36. The van der Waals surface area contributed by atoms with E-state index in [1.54, 1.807) is 11.1 Å². The molecule has 1 aliphatic rings. The highest BCUT2D eigenvalue weighted by Crippen LogP contribution is 2.34. The van der Waals surface area contributed by atoms with Crippen LogP contribution in [0.15, 0.2) is 36.5 Å². The Labute approximate surface area is 141 Å². The number of nitrogens with two attached hydrogens (primary N) is 1. The highest BCUT2D eigenvalue weighted by atomic mass is 16.6. The molecule has 0 atom stereocenters. The molecule has 2 N–H and O–H groups in total. The molecule has 1 saturated heterocycles. The van der Waals surface area contributed by atoms with Crippen molar-refractivity contribution in [3.05, 3.63) is 42.2 Å². The number of rotatable bonds is 2. The second-order valence-corrected chi connectivity index (χ2v) is 6.98. The Hall–Kier alpha value is -2.63. The van der Waals surface area contributed by atoms with Gasteiger partial charge in [-0.05, 0) is 26.3 Å². The van der Waals surface area contributed by atoms with Crippen molar-refractivity contribution in [1.82, 2.24) is 14.9 Å². The van der Waals surface area contributed by atoms with Crippen LogP contribution in [0.3, 0.4) is 0 Å². The van der Waals surface area contributed by atoms with Crippen LogP contribution in [0.1, 0.15) is 32.4 Å². The SMILES string of the molecule is CC(C)(C)OC(=O)N1CC(c2nc(N)ncc2-c2ccccc2)C1. The normalized spacial score (nSPS) is 15.0. The van der Waals surface area contributed by atoms with Gasteiger partial charge in [0, 0.05) is 30.8 Å². The number of nitrogen functional groups attached to an aromatic ring is 1. The molecule has 0 saturated carbocycles. The minimum atomic E-state index is -0.489. The van der Waals surface area contributed by atoms with Crippen LogP contribution in [-0.2, 0) is 4.74 Å². The van der Waals surface area contributed by atoms with Gasteiger partial charge in [-0.25, -0.2) is 14.8 Å². The number of likely N-dealkylation sites (tertiary alicyclic amines) is 1. The van der Waals surface area contributed by atoms with Gasteiger partial charge in [0.15, 0.2) is 0 Å². The molecule has 2 aromatic rings. The fourth-order valence-corrected chi connectivity index (χ4v) is 2.69. The van der Waals surface area contributed by atoms with Crippen LogP contribution in [0.25, 0.3) is 11.1 Å². The van der Waals surface area contributed by atoms with Crippen LogP contribution in [-0.4, -0.2) is 39.7 Å². The van der Waals surface area contributed by atoms with Gasteiger partial charge in [0.05, 0.1) is 5.69 Å². The number of hydrogen-bond donors (Lipinski definition) is 1. The van der Waals surface area contributed by atoms with Crippen molar-refractivity contribution in [2.75, 3.05) is 18.8 Å². The quantitative estimate of drug-likeness (QED) is 0.917. The molecule has 1 fully saturated rings. The highest BCUT2D eigenvalue weighted by molar-refractivity contribution is 5.71. The van der Waals surface area contributed by atoms with Gasteiger partial charge in [-0.1, -0.05) is 30.3 Å². The first-order chi connectivity index (χ1) is 11.3. The molecule has 6 heteroatoms. The molecule has 24 heavy (non-hydrogen) atoms. The standard InChI is InChI=1S/C18H22N4O2/c1-18(2,3)24-17(23)22-10-13(11-22)15-14(9-20-16(19)21-15)12-7-5-4-6-8-12/h4-9,13H,10-11H2,1-3H3,(H2,19,20,21). The van der Waals surface area contributed by atoms with Gasteiger partial charge >= 0.3 is 6.09 Å². The summed E-state index contributed by atoms with van der Waals surface area (Å²) in [4.78, 5) is 22.3. The molecule has 0 spiro atoms. The van der Waals surface area contributed by atoms with E-state index in [0.29, 0.717) is 13.1 Å². The third-order valence-electron chi connectivity index (χ3n) is 3.84. The van der Waals surface area contributed by atoms with Crippen LogP contribution in [0.4, 0.5) is 10.7 Å². The molecule has 1 aliphatic heterocycles. The van der Waals surface area contributed by atoms with Gasteiger partial charge in [-0.15, -0.1) is 0 Å². The lowest BCUT2D eigenvalue weighted by molar-refractivity contribution is 0.00793. The summed E-state index contributed by atoms with van der Waals surface area (Å²) in [6.45, 7) is 6.73. The third-order valence-corrected chi connectivity index (χ3v) is 3.84. The van der Waals surface area contributed by atoms with Crippen molar-refractivity contribution in [3.8, 4) is 11.1 Å². The number of amides is 1. The van der Waals surface area contributed by atoms with Crippen LogP contribution in [0, 0.1) is 0 Å². The molecular formula is C18H22N4O2. The van der Waals surface area contributed by atoms with E-state index < -0.39 is 5.60 Å². The average Bonchev–Trinajstić information content (AvgIpc) is 2.45. The van der Waals surface area contributed by atoms with Gasteiger partial charge in [0.2, 0.25) is 5.95 Å². The zero-order chi connectivity index (χ0) is 17.3. The first-order valence-electron chi connectivity index (χ1n) is 7.99. The predicted octanol–water partition coefficient (Wildman–Crippen LogP) is 3.06. The first kappa shape index (κ1) is 16.2. The Balaban J connectivity index is 1.77. The molecule has 3 rings (SSSR count). The van der Waals surface area contributed by atoms with E-state index in [2.05, 4.69) is 9.97 Å². The van der Waals surface area contributed by atoms with Gasteiger partial charge in [0.1, 0.15) is 5.60 Å². The minimum Gasteiger partial charge on any atom is -0.444 e. The Morgan fingerprint density at radius 3 is 2.54 bits per heavy atom. The summed E-state index contributed by atoms with van der Waals surface area (Å²) in [7, 11) is 0. The lowest BCUT2D eigenvalue weighted by Gasteiger charge is -2.40. The van der Waals surface area contributed by atoms with E-state index in [4.69, 9.17) is 10.5 Å². The van der Waals surface area contributed by atoms with E-state index in [1.807, 2.05) is 51.1 Å². The predicted molar refractivity (Wildman–Crippen MR) is 92.4 cm³/mol. The molecule has 1 amide bonds. The molecule has 6 nitrogen and oxygen atoms in total. The second kappa shape index (κ2) is 6.11. The summed E-state index contributed by atoms with van der Waals surface area (Å²) in [5.41, 5.74) is 8.17. The number of carbonyl (C=O) groups excluding carboxylic acids is 1. The minimum absolute atomic E-state index is 0.137. The van der Waals surface area contributed by atoms with Crippen LogP contribution in [0.2, 0.25) is 0 Å². The van der Waals surface area contributed by atoms with Crippen molar-refractivity contribution >= 4 is 12.0 Å². The summed E-state index contributed by atoms with van der Waals surface area (Å²) in [6, 6.07) is 9.95. The molecule has 1 aromatic carbocycles. The van der Waals surface area contributed by atoms with E-state index in [-0.39, 0.29) is 18.0 Å². The zero-order valence-electron chi connectivity index (χ0n) is 14.2. The Morgan fingerprint density at radius 1 is 1.25 bits per heavy atom. The van der Waals surface area contributed by atoms with E-state index in [9.17, 15) is 4.79 Å². The van der Waals surface area contributed by atoms with E-state index in [1.165, 1.54) is 0 Å². The monoisotopic (exact) mass is 326 g/mol. The fourth-order valence-electron chi connectivity index (χ4n) is 2.69. The lowest BCUT2D eigenvalue weighted by Crippen LogP contribution is -2.50. The number of anilines is 1. The maximum absolute atomic E-state index is 12.1. The summed E-state index contributed by atoms with van der Waals surface area (Å²) in [6.07, 6.45) is 1.46. The molecule has 0 aliphatic carbocycles. The van der Waals surface area contributed by atoms with Crippen molar-refractivity contribution < 1.29 is 9.53 Å². The Morgan fingerprint density at radius 2 is 1.92 bits per heavy atom. The lowest BCUT2D eigenvalue weighted by atomic mass is 9.91. The smallest absolute Gasteiger partial charge is 0.410 e. The summed E-state index contributed by atoms with van der Waals surface area (Å²) in [5, 5.41) is 0. The molecular weight excluding hydrogens is 304 g/mol. The van der Waals surface area contributed by atoms with Crippen LogP contribution >= 0.6 is 0 Å². The van der Waals surface area contributed by atoms with E-state index >= 15 is 0 Å². The maximum Gasteiger partial charge on any atom is 0.410 e. The number of hydrogen-bond acceptors (Lipinski definition) is 5. The van der Waals surface area contributed by atoms with E-state index in [0.717, 1.165) is 16.8 Å². The topological polar surface area (TPSA) is 81.3 Å². The average molecular weight is 326 g/mol. The van der Waals surface area contributed by atoms with Crippen LogP contribution < -0.4 is 5.73 Å². The van der Waals surface area contributed by atoms with Crippen molar-refractivity contribution in [2.24, 2.45) is 0 Å². The summed E-state index contributed by atoms with van der Waals surface area (Å²) in [5.74, 6) is 0.387. The number of ether oxygens (including phenoxy) is 1. The van der Waals surface area contributed by atoms with Gasteiger partial charge in [-0.2, -0.15) is 0 Å². The molecule has 0 bridgehead atoms. The molecule has 0 radical (unpaired) electrons. The first-order valence-corrected chi connectivity index (χ1v) is 7.99. The molecule has 1 aromatic heterocycles. The van der Waals surface area contributed by atoms with Crippen molar-refractivity contribution in [3.63, 3.8) is 0 Å². The number of nitrogens with zero attached hydrogens (tertiary/aromatic N) is 3. The molecule has 0 unspecified atom stereocenters. The number of carbonyl (C=O) groups is 1. The number of benzene rings is 1. The third kappa shape index (κ3) is 3.48. The Bertz CT molecular complexity index is 734. The van der Waals surface area contributed by atoms with Crippen molar-refractivity contribution in [1.29, 1.82) is 0 Å². The maximum atomic E-state index is 12.1. The largest absolute Gasteiger partial charge is 0.444 e. The fraction of sp³-hybridized carbons (Fsp3) is 0.389. The van der Waals surface area contributed by atoms with Crippen LogP contribution in [0.5, 0.6) is 0 Å².